The molecule has 16 heavy (non-hydrogen) atoms. The van der Waals surface area contributed by atoms with Crippen molar-refractivity contribution in [2.24, 2.45) is 17.3 Å². The minimum Gasteiger partial charge on any atom is -0.295 e. The van der Waals surface area contributed by atoms with Crippen molar-refractivity contribution in [1.29, 1.82) is 0 Å². The molecule has 0 radical (unpaired) electrons. The molecular formula is C15H20O. The van der Waals surface area contributed by atoms with Crippen molar-refractivity contribution >= 4 is 5.78 Å². The molecule has 2 aliphatic rings. The number of rotatable bonds is 2. The zero-order chi connectivity index (χ0) is 11.6. The van der Waals surface area contributed by atoms with Gasteiger partial charge in [0.1, 0.15) is 0 Å². The molecule has 0 heterocycles. The van der Waals surface area contributed by atoms with E-state index in [1.165, 1.54) is 0 Å². The Morgan fingerprint density at radius 1 is 1.25 bits per heavy atom. The molecule has 0 saturated heterocycles. The Labute approximate surface area is 97.9 Å². The van der Waals surface area contributed by atoms with Crippen LogP contribution in [0.5, 0.6) is 0 Å². The lowest BCUT2D eigenvalue weighted by Crippen LogP contribution is -2.39. The van der Waals surface area contributed by atoms with E-state index in [1.807, 2.05) is 13.0 Å². The van der Waals surface area contributed by atoms with Gasteiger partial charge in [0.05, 0.1) is 0 Å². The van der Waals surface area contributed by atoms with Crippen LogP contribution in [0.3, 0.4) is 0 Å². The SMILES string of the molecule is C/C=C/C(=O)C1C(C)C=CCC12CC=CC2. The van der Waals surface area contributed by atoms with E-state index in [0.29, 0.717) is 11.7 Å². The van der Waals surface area contributed by atoms with Crippen LogP contribution in [0, 0.1) is 17.3 Å². The first kappa shape index (κ1) is 11.4. The van der Waals surface area contributed by atoms with Crippen molar-refractivity contribution in [2.45, 2.75) is 33.1 Å². The zero-order valence-corrected chi connectivity index (χ0v) is 10.1. The summed E-state index contributed by atoms with van der Waals surface area (Å²) in [5.41, 5.74) is 0.185. The number of hydrogen-bond donors (Lipinski definition) is 0. The zero-order valence-electron chi connectivity index (χ0n) is 10.1. The van der Waals surface area contributed by atoms with E-state index in [2.05, 4.69) is 31.2 Å². The summed E-state index contributed by atoms with van der Waals surface area (Å²) in [6, 6.07) is 0. The first-order chi connectivity index (χ1) is 7.69. The lowest BCUT2D eigenvalue weighted by molar-refractivity contribution is -0.124. The average molecular weight is 216 g/mol. The fraction of sp³-hybridized carbons (Fsp3) is 0.533. The summed E-state index contributed by atoms with van der Waals surface area (Å²) >= 11 is 0. The summed E-state index contributed by atoms with van der Waals surface area (Å²) in [5.74, 6) is 0.851. The van der Waals surface area contributed by atoms with Gasteiger partial charge in [-0.2, -0.15) is 0 Å². The third kappa shape index (κ3) is 1.79. The van der Waals surface area contributed by atoms with Crippen molar-refractivity contribution in [3.63, 3.8) is 0 Å². The smallest absolute Gasteiger partial charge is 0.159 e. The molecule has 0 amide bonds. The summed E-state index contributed by atoms with van der Waals surface area (Å²) in [4.78, 5) is 12.2. The fourth-order valence-electron chi connectivity index (χ4n) is 3.28. The van der Waals surface area contributed by atoms with Crippen LogP contribution in [-0.4, -0.2) is 5.78 Å². The predicted molar refractivity (Wildman–Crippen MR) is 67.0 cm³/mol. The van der Waals surface area contributed by atoms with Gasteiger partial charge >= 0.3 is 0 Å². The highest BCUT2D eigenvalue weighted by Crippen LogP contribution is 2.50. The maximum absolute atomic E-state index is 12.2. The number of carbonyl (C=O) groups excluding carboxylic acids is 1. The topological polar surface area (TPSA) is 17.1 Å². The maximum atomic E-state index is 12.2. The molecule has 2 aliphatic carbocycles. The third-order valence-corrected chi connectivity index (χ3v) is 4.00. The number of allylic oxidation sites excluding steroid dienone is 6. The Kier molecular flexibility index (Phi) is 3.13. The molecule has 2 atom stereocenters. The number of carbonyl (C=O) groups is 1. The molecule has 1 spiro atoms. The van der Waals surface area contributed by atoms with Crippen molar-refractivity contribution in [1.82, 2.24) is 0 Å². The van der Waals surface area contributed by atoms with E-state index in [1.54, 1.807) is 6.08 Å². The van der Waals surface area contributed by atoms with Gasteiger partial charge in [0.25, 0.3) is 0 Å². The number of ketones is 1. The van der Waals surface area contributed by atoms with Gasteiger partial charge in [-0.25, -0.2) is 0 Å². The minimum absolute atomic E-state index is 0.170. The first-order valence-corrected chi connectivity index (χ1v) is 6.18. The van der Waals surface area contributed by atoms with Gasteiger partial charge in [-0.1, -0.05) is 37.3 Å². The minimum atomic E-state index is 0.170. The summed E-state index contributed by atoms with van der Waals surface area (Å²) in [6.07, 6.45) is 15.7. The molecule has 0 saturated carbocycles. The first-order valence-electron chi connectivity index (χ1n) is 6.18. The van der Waals surface area contributed by atoms with E-state index >= 15 is 0 Å². The van der Waals surface area contributed by atoms with Gasteiger partial charge in [0.15, 0.2) is 5.78 Å². The molecule has 0 N–H and O–H groups in total. The summed E-state index contributed by atoms with van der Waals surface area (Å²) in [7, 11) is 0. The van der Waals surface area contributed by atoms with Crippen LogP contribution in [0.2, 0.25) is 0 Å². The van der Waals surface area contributed by atoms with Crippen molar-refractivity contribution in [3.05, 3.63) is 36.5 Å². The largest absolute Gasteiger partial charge is 0.295 e. The molecule has 0 aromatic carbocycles. The van der Waals surface area contributed by atoms with Gasteiger partial charge in [0.2, 0.25) is 0 Å². The molecule has 0 aliphatic heterocycles. The quantitative estimate of drug-likeness (QED) is 0.508. The highest BCUT2D eigenvalue weighted by atomic mass is 16.1. The van der Waals surface area contributed by atoms with E-state index < -0.39 is 0 Å². The van der Waals surface area contributed by atoms with Gasteiger partial charge in [-0.05, 0) is 43.6 Å². The monoisotopic (exact) mass is 216 g/mol. The molecule has 0 aromatic rings. The Morgan fingerprint density at radius 3 is 2.50 bits per heavy atom. The summed E-state index contributed by atoms with van der Waals surface area (Å²) in [5, 5.41) is 0. The van der Waals surface area contributed by atoms with E-state index in [-0.39, 0.29) is 11.3 Å². The van der Waals surface area contributed by atoms with Crippen LogP contribution < -0.4 is 0 Å². The van der Waals surface area contributed by atoms with Gasteiger partial charge in [-0.3, -0.25) is 4.79 Å². The van der Waals surface area contributed by atoms with Crippen LogP contribution >= 0.6 is 0 Å². The molecule has 86 valence electrons. The van der Waals surface area contributed by atoms with Crippen LogP contribution in [0.25, 0.3) is 0 Å². The molecule has 0 bridgehead atoms. The Hall–Kier alpha value is -1.11. The lowest BCUT2D eigenvalue weighted by atomic mass is 9.62. The summed E-state index contributed by atoms with van der Waals surface area (Å²) < 4.78 is 0. The molecule has 1 nitrogen and oxygen atoms in total. The predicted octanol–water partition coefficient (Wildman–Crippen LogP) is 3.68. The van der Waals surface area contributed by atoms with Crippen LogP contribution in [0.1, 0.15) is 33.1 Å². The molecule has 0 fully saturated rings. The van der Waals surface area contributed by atoms with Crippen molar-refractivity contribution < 1.29 is 4.79 Å². The normalized spacial score (nSPS) is 31.6. The Morgan fingerprint density at radius 2 is 1.88 bits per heavy atom. The third-order valence-electron chi connectivity index (χ3n) is 4.00. The van der Waals surface area contributed by atoms with Crippen LogP contribution in [-0.2, 0) is 4.79 Å². The molecular weight excluding hydrogens is 196 g/mol. The van der Waals surface area contributed by atoms with E-state index in [0.717, 1.165) is 19.3 Å². The Bertz CT molecular complexity index is 352. The van der Waals surface area contributed by atoms with Crippen LogP contribution in [0.15, 0.2) is 36.5 Å². The molecule has 2 unspecified atom stereocenters. The lowest BCUT2D eigenvalue weighted by Gasteiger charge is -2.41. The second-order valence-corrected chi connectivity index (χ2v) is 5.11. The van der Waals surface area contributed by atoms with Gasteiger partial charge in [0, 0.05) is 5.92 Å². The maximum Gasteiger partial charge on any atom is 0.159 e. The molecule has 2 rings (SSSR count). The van der Waals surface area contributed by atoms with Crippen molar-refractivity contribution in [3.8, 4) is 0 Å². The van der Waals surface area contributed by atoms with Gasteiger partial charge < -0.3 is 0 Å². The summed E-state index contributed by atoms with van der Waals surface area (Å²) in [6.45, 7) is 4.09. The van der Waals surface area contributed by atoms with Crippen LogP contribution in [0.4, 0.5) is 0 Å². The van der Waals surface area contributed by atoms with E-state index in [9.17, 15) is 4.79 Å². The standard InChI is InChI=1S/C15H20O/c1-3-7-13(16)14-12(2)8-6-11-15(14)9-4-5-10-15/h3-8,12,14H,9-11H2,1-2H3/b7-3+. The van der Waals surface area contributed by atoms with E-state index in [4.69, 9.17) is 0 Å². The average Bonchev–Trinajstić information content (AvgIpc) is 2.67. The molecule has 1 heteroatoms. The highest BCUT2D eigenvalue weighted by molar-refractivity contribution is 5.92. The van der Waals surface area contributed by atoms with Crippen molar-refractivity contribution in [2.75, 3.05) is 0 Å². The van der Waals surface area contributed by atoms with Gasteiger partial charge in [-0.15, -0.1) is 0 Å². The molecule has 0 aromatic heterocycles. The highest BCUT2D eigenvalue weighted by Gasteiger charge is 2.45. The second-order valence-electron chi connectivity index (χ2n) is 5.11. The second kappa shape index (κ2) is 4.40. The number of hydrogen-bond acceptors (Lipinski definition) is 1. The fourth-order valence-corrected chi connectivity index (χ4v) is 3.28. The Balaban J connectivity index is 2.29.